The van der Waals surface area contributed by atoms with E-state index in [4.69, 9.17) is 16.3 Å². The van der Waals surface area contributed by atoms with Crippen LogP contribution < -0.4 is 0 Å². The maximum Gasteiger partial charge on any atom is 0.163 e. The Balaban J connectivity index is 1.63. The Morgan fingerprint density at radius 1 is 1.41 bits per heavy atom. The third-order valence-electron chi connectivity index (χ3n) is 3.87. The van der Waals surface area contributed by atoms with Crippen molar-refractivity contribution in [2.45, 2.75) is 12.2 Å². The van der Waals surface area contributed by atoms with Gasteiger partial charge in [-0.25, -0.2) is 0 Å². The smallest absolute Gasteiger partial charge is 0.163 e. The lowest BCUT2D eigenvalue weighted by Crippen LogP contribution is -2.41. The number of hydrogen-bond acceptors (Lipinski definition) is 5. The highest BCUT2D eigenvalue weighted by atomic mass is 35.5. The molecule has 1 fully saturated rings. The van der Waals surface area contributed by atoms with Crippen LogP contribution in [0.3, 0.4) is 0 Å². The van der Waals surface area contributed by atoms with Crippen LogP contribution in [-0.4, -0.2) is 51.0 Å². The fourth-order valence-electron chi connectivity index (χ4n) is 2.64. The van der Waals surface area contributed by atoms with E-state index in [1.165, 1.54) is 0 Å². The Morgan fingerprint density at radius 2 is 2.18 bits per heavy atom. The summed E-state index contributed by atoms with van der Waals surface area (Å²) in [4.78, 5) is 2.18. The molecule has 7 heteroatoms. The topological polar surface area (TPSA) is 63.4 Å². The zero-order chi connectivity index (χ0) is 15.5. The van der Waals surface area contributed by atoms with Crippen molar-refractivity contribution in [2.24, 2.45) is 7.05 Å². The van der Waals surface area contributed by atoms with Crippen LogP contribution in [0.1, 0.15) is 23.6 Å². The zero-order valence-electron chi connectivity index (χ0n) is 12.4. The van der Waals surface area contributed by atoms with Crippen LogP contribution in [-0.2, 0) is 11.8 Å². The average Bonchev–Trinajstić information content (AvgIpc) is 2.94. The minimum atomic E-state index is -0.546. The first-order valence-corrected chi connectivity index (χ1v) is 7.62. The van der Waals surface area contributed by atoms with E-state index in [0.29, 0.717) is 24.7 Å². The number of aliphatic hydroxyl groups excluding tert-OH is 1. The van der Waals surface area contributed by atoms with Crippen molar-refractivity contribution in [3.63, 3.8) is 0 Å². The van der Waals surface area contributed by atoms with Crippen molar-refractivity contribution in [1.29, 1.82) is 0 Å². The fourth-order valence-corrected chi connectivity index (χ4v) is 2.77. The van der Waals surface area contributed by atoms with Crippen LogP contribution in [0.4, 0.5) is 0 Å². The number of ether oxygens (including phenoxy) is 1. The van der Waals surface area contributed by atoms with Gasteiger partial charge in [0.1, 0.15) is 12.4 Å². The number of hydrogen-bond donors (Lipinski definition) is 1. The lowest BCUT2D eigenvalue weighted by Gasteiger charge is -2.33. The van der Waals surface area contributed by atoms with Gasteiger partial charge >= 0.3 is 0 Å². The van der Waals surface area contributed by atoms with E-state index in [0.717, 1.165) is 17.9 Å². The van der Waals surface area contributed by atoms with Crippen LogP contribution in [0.5, 0.6) is 0 Å². The van der Waals surface area contributed by atoms with Gasteiger partial charge in [-0.1, -0.05) is 23.7 Å². The zero-order valence-corrected chi connectivity index (χ0v) is 13.1. The standard InChI is InChI=1S/C15H19ClN4O2/c1-19-10-17-18-15(19)14-9-20(6-7-22-14)8-13(21)11-2-4-12(16)5-3-11/h2-5,10,13-14,21H,6-9H2,1H3/t13-,14+/m1/s1. The number of rotatable bonds is 4. The molecule has 22 heavy (non-hydrogen) atoms. The predicted octanol–water partition coefficient (Wildman–Crippen LogP) is 1.58. The number of β-amino-alcohol motifs (C(OH)–C–C–N with tert-alkyl or cyclic N) is 1. The van der Waals surface area contributed by atoms with Gasteiger partial charge in [0.05, 0.1) is 12.7 Å². The van der Waals surface area contributed by atoms with Crippen LogP contribution in [0, 0.1) is 0 Å². The monoisotopic (exact) mass is 322 g/mol. The van der Waals surface area contributed by atoms with E-state index < -0.39 is 6.10 Å². The quantitative estimate of drug-likeness (QED) is 0.926. The first-order chi connectivity index (χ1) is 10.6. The van der Waals surface area contributed by atoms with Gasteiger partial charge in [0.2, 0.25) is 0 Å². The molecule has 1 aliphatic rings. The molecule has 0 aliphatic carbocycles. The maximum atomic E-state index is 10.4. The van der Waals surface area contributed by atoms with Gasteiger partial charge in [0, 0.05) is 31.7 Å². The number of nitrogens with zero attached hydrogens (tertiary/aromatic N) is 4. The number of benzene rings is 1. The molecule has 0 amide bonds. The molecule has 1 aromatic heterocycles. The molecular weight excluding hydrogens is 304 g/mol. The molecule has 1 N–H and O–H groups in total. The molecule has 0 saturated carbocycles. The SMILES string of the molecule is Cn1cnnc1[C@@H]1CN(C[C@@H](O)c2ccc(Cl)cc2)CCO1. The number of morpholine rings is 1. The molecule has 0 spiro atoms. The predicted molar refractivity (Wildman–Crippen MR) is 82.5 cm³/mol. The van der Waals surface area contributed by atoms with E-state index in [9.17, 15) is 5.11 Å². The van der Waals surface area contributed by atoms with Crippen molar-refractivity contribution in [3.8, 4) is 0 Å². The van der Waals surface area contributed by atoms with E-state index in [-0.39, 0.29) is 6.10 Å². The number of aliphatic hydroxyl groups is 1. The van der Waals surface area contributed by atoms with E-state index in [1.807, 2.05) is 23.7 Å². The summed E-state index contributed by atoms with van der Waals surface area (Å²) in [5, 5.41) is 19.0. The highest BCUT2D eigenvalue weighted by Gasteiger charge is 2.26. The van der Waals surface area contributed by atoms with Crippen LogP contribution in [0.25, 0.3) is 0 Å². The first-order valence-electron chi connectivity index (χ1n) is 7.25. The van der Waals surface area contributed by atoms with Gasteiger partial charge in [-0.3, -0.25) is 4.90 Å². The largest absolute Gasteiger partial charge is 0.387 e. The highest BCUT2D eigenvalue weighted by Crippen LogP contribution is 2.23. The minimum Gasteiger partial charge on any atom is -0.387 e. The van der Waals surface area contributed by atoms with E-state index in [2.05, 4.69) is 15.1 Å². The van der Waals surface area contributed by atoms with Crippen LogP contribution in [0.2, 0.25) is 5.02 Å². The molecule has 0 bridgehead atoms. The second-order valence-electron chi connectivity index (χ2n) is 5.49. The fraction of sp³-hybridized carbons (Fsp3) is 0.467. The number of halogens is 1. The summed E-state index contributed by atoms with van der Waals surface area (Å²) < 4.78 is 7.64. The summed E-state index contributed by atoms with van der Waals surface area (Å²) in [6.07, 6.45) is 1.01. The van der Waals surface area contributed by atoms with Crippen molar-refractivity contribution in [3.05, 3.63) is 47.0 Å². The van der Waals surface area contributed by atoms with Gasteiger partial charge in [-0.15, -0.1) is 10.2 Å². The molecule has 1 saturated heterocycles. The molecule has 2 atom stereocenters. The Labute approximate surface area is 134 Å². The van der Waals surface area contributed by atoms with Crippen LogP contribution >= 0.6 is 11.6 Å². The summed E-state index contributed by atoms with van der Waals surface area (Å²) in [6, 6.07) is 7.30. The van der Waals surface area contributed by atoms with Crippen molar-refractivity contribution in [2.75, 3.05) is 26.2 Å². The molecule has 1 aromatic carbocycles. The Kier molecular flexibility index (Phi) is 4.73. The molecule has 6 nitrogen and oxygen atoms in total. The second kappa shape index (κ2) is 6.75. The average molecular weight is 323 g/mol. The first kappa shape index (κ1) is 15.4. The minimum absolute atomic E-state index is 0.112. The third-order valence-corrected chi connectivity index (χ3v) is 4.12. The van der Waals surface area contributed by atoms with E-state index in [1.54, 1.807) is 18.5 Å². The van der Waals surface area contributed by atoms with Gasteiger partial charge in [0.15, 0.2) is 5.82 Å². The van der Waals surface area contributed by atoms with Gasteiger partial charge in [-0.2, -0.15) is 0 Å². The Hall–Kier alpha value is -1.47. The molecule has 118 valence electrons. The Bertz CT molecular complexity index is 616. The third kappa shape index (κ3) is 3.47. The summed E-state index contributed by atoms with van der Waals surface area (Å²) in [7, 11) is 1.90. The second-order valence-corrected chi connectivity index (χ2v) is 5.92. The number of aryl methyl sites for hydroxylation is 1. The van der Waals surface area contributed by atoms with Gasteiger partial charge < -0.3 is 14.4 Å². The van der Waals surface area contributed by atoms with Crippen molar-refractivity contribution in [1.82, 2.24) is 19.7 Å². The molecule has 0 radical (unpaired) electrons. The Morgan fingerprint density at radius 3 is 2.86 bits per heavy atom. The summed E-state index contributed by atoms with van der Waals surface area (Å²) in [5.41, 5.74) is 0.867. The lowest BCUT2D eigenvalue weighted by atomic mass is 10.1. The molecule has 1 aliphatic heterocycles. The number of aromatic nitrogens is 3. The maximum absolute atomic E-state index is 10.4. The summed E-state index contributed by atoms with van der Waals surface area (Å²) in [5.74, 6) is 0.811. The van der Waals surface area contributed by atoms with E-state index >= 15 is 0 Å². The summed E-state index contributed by atoms with van der Waals surface area (Å²) in [6.45, 7) is 2.65. The normalized spacial score (nSPS) is 21.0. The van der Waals surface area contributed by atoms with Gasteiger partial charge in [0.25, 0.3) is 0 Å². The van der Waals surface area contributed by atoms with Gasteiger partial charge in [-0.05, 0) is 17.7 Å². The molecule has 2 aromatic rings. The van der Waals surface area contributed by atoms with Crippen molar-refractivity contribution < 1.29 is 9.84 Å². The lowest BCUT2D eigenvalue weighted by molar-refractivity contribution is -0.0474. The highest BCUT2D eigenvalue weighted by molar-refractivity contribution is 6.30. The molecule has 0 unspecified atom stereocenters. The summed E-state index contributed by atoms with van der Waals surface area (Å²) >= 11 is 5.88. The van der Waals surface area contributed by atoms with Crippen molar-refractivity contribution >= 4 is 11.6 Å². The molecule has 3 rings (SSSR count). The van der Waals surface area contributed by atoms with Crippen LogP contribution in [0.15, 0.2) is 30.6 Å². The molecule has 2 heterocycles. The molecular formula is C15H19ClN4O2.